The van der Waals surface area contributed by atoms with E-state index >= 15 is 0 Å². The van der Waals surface area contributed by atoms with Crippen molar-refractivity contribution in [3.8, 4) is 0 Å². The quantitative estimate of drug-likeness (QED) is 0.884. The molecular weight excluding hydrogens is 280 g/mol. The smallest absolute Gasteiger partial charge is 0.263 e. The zero-order valence-corrected chi connectivity index (χ0v) is 12.1. The summed E-state index contributed by atoms with van der Waals surface area (Å²) in [5, 5.41) is 3.61. The Kier molecular flexibility index (Phi) is 4.41. The van der Waals surface area contributed by atoms with E-state index in [2.05, 4.69) is 9.88 Å². The normalized spacial score (nSPS) is 11.5. The molecule has 108 valence electrons. The molecule has 0 aliphatic carbocycles. The number of nitrogens with one attached hydrogen (secondary N) is 1. The summed E-state index contributed by atoms with van der Waals surface area (Å²) in [6, 6.07) is 8.10. The molecule has 0 spiro atoms. The van der Waals surface area contributed by atoms with Crippen LogP contribution in [0.5, 0.6) is 0 Å². The van der Waals surface area contributed by atoms with Crippen molar-refractivity contribution in [2.45, 2.75) is 25.3 Å². The summed E-state index contributed by atoms with van der Waals surface area (Å²) in [7, 11) is -3.68. The van der Waals surface area contributed by atoms with Gasteiger partial charge in [-0.1, -0.05) is 17.3 Å². The Morgan fingerprint density at radius 1 is 1.35 bits per heavy atom. The van der Waals surface area contributed by atoms with E-state index in [1.54, 1.807) is 19.1 Å². The molecule has 2 aromatic rings. The molecule has 1 aromatic carbocycles. The molecule has 0 aliphatic rings. The summed E-state index contributed by atoms with van der Waals surface area (Å²) in [5.41, 5.74) is 0.797. The number of anilines is 1. The molecule has 7 heteroatoms. The van der Waals surface area contributed by atoms with Crippen LogP contribution in [-0.4, -0.2) is 20.2 Å². The van der Waals surface area contributed by atoms with Gasteiger partial charge < -0.3 is 9.26 Å². The molecule has 2 rings (SSSR count). The Bertz CT molecular complexity index is 679. The summed E-state index contributed by atoms with van der Waals surface area (Å²) in [6.07, 6.45) is 0. The van der Waals surface area contributed by atoms with Gasteiger partial charge in [0, 0.05) is 12.7 Å². The van der Waals surface area contributed by atoms with Crippen molar-refractivity contribution in [1.82, 2.24) is 5.16 Å². The summed E-state index contributed by atoms with van der Waals surface area (Å²) in [5.74, 6) is 0.700. The molecule has 0 amide bonds. The van der Waals surface area contributed by atoms with Gasteiger partial charge in [0.15, 0.2) is 5.82 Å². The molecule has 0 aliphatic heterocycles. The van der Waals surface area contributed by atoms with Crippen LogP contribution in [0.3, 0.4) is 0 Å². The van der Waals surface area contributed by atoms with Gasteiger partial charge in [0.05, 0.1) is 11.5 Å². The van der Waals surface area contributed by atoms with Crippen molar-refractivity contribution in [2.75, 3.05) is 11.3 Å². The summed E-state index contributed by atoms with van der Waals surface area (Å²) >= 11 is 0. The monoisotopic (exact) mass is 296 g/mol. The fraction of sp³-hybridized carbons (Fsp3) is 0.308. The second-order valence-corrected chi connectivity index (χ2v) is 5.90. The van der Waals surface area contributed by atoms with Crippen LogP contribution in [0.4, 0.5) is 5.82 Å². The molecule has 0 unspecified atom stereocenters. The minimum Gasteiger partial charge on any atom is -0.377 e. The molecule has 0 saturated heterocycles. The highest BCUT2D eigenvalue weighted by atomic mass is 32.2. The number of hydrogen-bond acceptors (Lipinski definition) is 5. The topological polar surface area (TPSA) is 81.4 Å². The van der Waals surface area contributed by atoms with Crippen LogP contribution in [-0.2, 0) is 21.4 Å². The summed E-state index contributed by atoms with van der Waals surface area (Å²) in [6.45, 7) is 4.53. The molecule has 0 fully saturated rings. The number of nitrogens with zero attached hydrogens (tertiary/aromatic N) is 1. The van der Waals surface area contributed by atoms with Crippen LogP contribution in [0.15, 0.2) is 39.8 Å². The molecule has 6 nitrogen and oxygen atoms in total. The Labute approximate surface area is 117 Å². The lowest BCUT2D eigenvalue weighted by molar-refractivity contribution is 0.134. The Hall–Kier alpha value is -1.86. The van der Waals surface area contributed by atoms with Gasteiger partial charge in [-0.05, 0) is 31.5 Å². The first-order valence-corrected chi connectivity index (χ1v) is 7.62. The van der Waals surface area contributed by atoms with Crippen molar-refractivity contribution in [2.24, 2.45) is 0 Å². The number of sulfonamides is 1. The zero-order valence-electron chi connectivity index (χ0n) is 11.3. The molecule has 1 aromatic heterocycles. The maximum atomic E-state index is 12.2. The van der Waals surface area contributed by atoms with E-state index in [0.717, 1.165) is 5.56 Å². The van der Waals surface area contributed by atoms with E-state index < -0.39 is 10.0 Å². The van der Waals surface area contributed by atoms with Gasteiger partial charge in [-0.3, -0.25) is 4.72 Å². The largest absolute Gasteiger partial charge is 0.377 e. The lowest BCUT2D eigenvalue weighted by Gasteiger charge is -2.07. The first-order valence-electron chi connectivity index (χ1n) is 6.14. The lowest BCUT2D eigenvalue weighted by Crippen LogP contribution is -2.13. The van der Waals surface area contributed by atoms with Crippen LogP contribution < -0.4 is 4.72 Å². The maximum absolute atomic E-state index is 12.2. The molecule has 0 saturated carbocycles. The number of rotatable bonds is 6. The average Bonchev–Trinajstić information content (AvgIpc) is 2.81. The van der Waals surface area contributed by atoms with Crippen LogP contribution in [0, 0.1) is 6.92 Å². The van der Waals surface area contributed by atoms with E-state index in [1.807, 2.05) is 13.0 Å². The van der Waals surface area contributed by atoms with E-state index in [-0.39, 0.29) is 10.7 Å². The number of aromatic nitrogens is 1. The van der Waals surface area contributed by atoms with Crippen molar-refractivity contribution in [3.05, 3.63) is 41.7 Å². The third-order valence-corrected chi connectivity index (χ3v) is 3.90. The van der Waals surface area contributed by atoms with Gasteiger partial charge >= 0.3 is 0 Å². The highest BCUT2D eigenvalue weighted by Crippen LogP contribution is 2.17. The van der Waals surface area contributed by atoms with Gasteiger partial charge in [-0.2, -0.15) is 0 Å². The SMILES string of the molecule is CCOCc1cccc(S(=O)(=O)Nc2cc(C)on2)c1. The van der Waals surface area contributed by atoms with E-state index in [9.17, 15) is 8.42 Å². The van der Waals surface area contributed by atoms with Crippen molar-refractivity contribution >= 4 is 15.8 Å². The minimum atomic E-state index is -3.68. The number of hydrogen-bond donors (Lipinski definition) is 1. The predicted molar refractivity (Wildman–Crippen MR) is 73.8 cm³/mol. The molecule has 1 N–H and O–H groups in total. The highest BCUT2D eigenvalue weighted by Gasteiger charge is 2.16. The number of benzene rings is 1. The van der Waals surface area contributed by atoms with Gasteiger partial charge in [0.25, 0.3) is 10.0 Å². The second-order valence-electron chi connectivity index (χ2n) is 4.21. The van der Waals surface area contributed by atoms with Crippen LogP contribution in [0.2, 0.25) is 0 Å². The minimum absolute atomic E-state index is 0.162. The Balaban J connectivity index is 2.20. The second kappa shape index (κ2) is 6.06. The molecular formula is C13H16N2O4S. The van der Waals surface area contributed by atoms with Crippen molar-refractivity contribution < 1.29 is 17.7 Å². The third kappa shape index (κ3) is 3.58. The van der Waals surface area contributed by atoms with Crippen molar-refractivity contribution in [1.29, 1.82) is 0 Å². The Morgan fingerprint density at radius 2 is 2.15 bits per heavy atom. The third-order valence-electron chi connectivity index (χ3n) is 2.55. The Morgan fingerprint density at radius 3 is 2.80 bits per heavy atom. The number of aryl methyl sites for hydroxylation is 1. The van der Waals surface area contributed by atoms with Crippen LogP contribution in [0.25, 0.3) is 0 Å². The highest BCUT2D eigenvalue weighted by molar-refractivity contribution is 7.92. The fourth-order valence-corrected chi connectivity index (χ4v) is 2.69. The van der Waals surface area contributed by atoms with Crippen molar-refractivity contribution in [3.63, 3.8) is 0 Å². The van der Waals surface area contributed by atoms with Gasteiger partial charge in [-0.15, -0.1) is 0 Å². The van der Waals surface area contributed by atoms with Crippen LogP contribution in [0.1, 0.15) is 18.2 Å². The summed E-state index contributed by atoms with van der Waals surface area (Å²) in [4.78, 5) is 0.162. The molecule has 1 heterocycles. The van der Waals surface area contributed by atoms with Gasteiger partial charge in [0.1, 0.15) is 5.76 Å². The lowest BCUT2D eigenvalue weighted by atomic mass is 10.2. The van der Waals surface area contributed by atoms with Crippen LogP contribution >= 0.6 is 0 Å². The zero-order chi connectivity index (χ0) is 14.6. The predicted octanol–water partition coefficient (Wildman–Crippen LogP) is 2.32. The molecule has 0 radical (unpaired) electrons. The van der Waals surface area contributed by atoms with E-state index in [0.29, 0.717) is 19.0 Å². The number of ether oxygens (including phenoxy) is 1. The van der Waals surface area contributed by atoms with Gasteiger partial charge in [0.2, 0.25) is 0 Å². The van der Waals surface area contributed by atoms with Gasteiger partial charge in [-0.25, -0.2) is 8.42 Å². The van der Waals surface area contributed by atoms with E-state index in [4.69, 9.17) is 9.26 Å². The first kappa shape index (κ1) is 14.5. The average molecular weight is 296 g/mol. The maximum Gasteiger partial charge on any atom is 0.263 e. The first-order chi connectivity index (χ1) is 9.51. The fourth-order valence-electron chi connectivity index (χ4n) is 1.63. The molecule has 0 bridgehead atoms. The molecule has 20 heavy (non-hydrogen) atoms. The summed E-state index contributed by atoms with van der Waals surface area (Å²) < 4.78 is 36.9. The molecule has 0 atom stereocenters. The standard InChI is InChI=1S/C13H16N2O4S/c1-3-18-9-11-5-4-6-12(8-11)20(16,17)15-13-7-10(2)19-14-13/h4-8H,3,9H2,1-2H3,(H,14,15). The van der Waals surface area contributed by atoms with E-state index in [1.165, 1.54) is 12.1 Å².